The zero-order valence-electron chi connectivity index (χ0n) is 35.4. The van der Waals surface area contributed by atoms with Crippen LogP contribution in [0.2, 0.25) is 0 Å². The molecule has 8 atom stereocenters. The van der Waals surface area contributed by atoms with Crippen molar-refractivity contribution >= 4 is 80.7 Å². The number of Topliss-reactive ketones (excluding diaryl/α,β-unsaturated/α-hetero) is 1. The van der Waals surface area contributed by atoms with Crippen LogP contribution < -0.4 is 16.4 Å². The maximum absolute atomic E-state index is 12.7. The molecule has 1 aliphatic heterocycles. The van der Waals surface area contributed by atoms with Crippen molar-refractivity contribution in [3.8, 4) is 0 Å². The number of nitrogen functional groups attached to an aromatic ring is 1. The zero-order chi connectivity index (χ0) is 47.7. The van der Waals surface area contributed by atoms with Crippen LogP contribution in [0.25, 0.3) is 22.1 Å². The summed E-state index contributed by atoms with van der Waals surface area (Å²) in [4.78, 5) is 92.0. The Labute approximate surface area is 376 Å². The molecule has 4 aromatic rings. The topological polar surface area (TPSA) is 379 Å². The van der Waals surface area contributed by atoms with Gasteiger partial charge in [0.1, 0.15) is 42.0 Å². The third kappa shape index (κ3) is 15.2. The van der Waals surface area contributed by atoms with E-state index in [1.807, 2.05) is 31.3 Å². The first-order chi connectivity index (χ1) is 30.4. The molecular formula is C36H53N8O17P3S. The Morgan fingerprint density at radius 2 is 1.75 bits per heavy atom. The number of aryl methyl sites for hydroxylation is 1. The number of amides is 2. The molecule has 25 nitrogen and oxygen atoms in total. The summed E-state index contributed by atoms with van der Waals surface area (Å²) in [6.45, 7) is 2.61. The van der Waals surface area contributed by atoms with E-state index in [0.717, 1.165) is 41.0 Å². The second-order valence-corrected chi connectivity index (χ2v) is 21.5. The third-order valence-corrected chi connectivity index (χ3v) is 14.3. The number of phosphoric acid groups is 3. The number of nitrogens with one attached hydrogen (secondary N) is 3. The zero-order valence-corrected chi connectivity index (χ0v) is 38.9. The lowest BCUT2D eigenvalue weighted by Gasteiger charge is -2.30. The molecular weight excluding hydrogens is 941 g/mol. The minimum Gasteiger partial charge on any atom is -0.386 e. The lowest BCUT2D eigenvalue weighted by atomic mass is 9.87. The number of aliphatic hydroxyl groups is 2. The molecule has 0 radical (unpaired) electrons. The molecule has 0 aliphatic carbocycles. The van der Waals surface area contributed by atoms with Gasteiger partial charge in [-0.2, -0.15) is 16.1 Å². The van der Waals surface area contributed by atoms with Gasteiger partial charge in [0, 0.05) is 65.9 Å². The number of benzene rings is 1. The van der Waals surface area contributed by atoms with Gasteiger partial charge in [0.15, 0.2) is 17.7 Å². The molecule has 65 heavy (non-hydrogen) atoms. The molecule has 5 rings (SSSR count). The molecule has 2 amide bonds. The number of fused-ring (bicyclic) bond motifs is 2. The van der Waals surface area contributed by atoms with E-state index >= 15 is 0 Å². The van der Waals surface area contributed by atoms with Crippen LogP contribution in [0.1, 0.15) is 58.2 Å². The largest absolute Gasteiger partial charge is 0.481 e. The van der Waals surface area contributed by atoms with Crippen LogP contribution in [0.15, 0.2) is 43.1 Å². The summed E-state index contributed by atoms with van der Waals surface area (Å²) >= 11 is 1.54. The van der Waals surface area contributed by atoms with Crippen molar-refractivity contribution in [1.29, 1.82) is 0 Å². The van der Waals surface area contributed by atoms with Crippen molar-refractivity contribution in [2.75, 3.05) is 37.8 Å². The summed E-state index contributed by atoms with van der Waals surface area (Å²) in [6, 6.07) is 8.02. The van der Waals surface area contributed by atoms with Crippen molar-refractivity contribution in [3.05, 3.63) is 48.7 Å². The first-order valence-corrected chi connectivity index (χ1v) is 25.6. The number of anilines is 1. The smallest absolute Gasteiger partial charge is 0.386 e. The number of hydrogen-bond donors (Lipinski definition) is 10. The molecule has 0 spiro atoms. The molecule has 1 aliphatic rings. The number of aliphatic hydroxyl groups excluding tert-OH is 2. The van der Waals surface area contributed by atoms with E-state index in [0.29, 0.717) is 25.1 Å². The fraction of sp³-hybridized carbons (Fsp3) is 0.556. The Hall–Kier alpha value is -3.68. The molecule has 1 aromatic carbocycles. The second kappa shape index (κ2) is 22.4. The van der Waals surface area contributed by atoms with E-state index in [4.69, 9.17) is 19.5 Å². The molecule has 360 valence electrons. The Kier molecular flexibility index (Phi) is 18.0. The van der Waals surface area contributed by atoms with Crippen molar-refractivity contribution in [2.24, 2.45) is 5.41 Å². The Morgan fingerprint density at radius 1 is 1.03 bits per heavy atom. The van der Waals surface area contributed by atoms with E-state index in [2.05, 4.69) is 45.5 Å². The average Bonchev–Trinajstić information content (AvgIpc) is 3.92. The van der Waals surface area contributed by atoms with Crippen molar-refractivity contribution in [1.82, 2.24) is 35.1 Å². The predicted octanol–water partition coefficient (Wildman–Crippen LogP) is 1.99. The number of nitrogens with two attached hydrogens (primary N) is 1. The molecule has 0 saturated carbocycles. The highest BCUT2D eigenvalue weighted by Crippen LogP contribution is 2.61. The molecule has 0 bridgehead atoms. The molecule has 8 unspecified atom stereocenters. The SMILES string of the molecule is CC(CC(=O)CCCc1c[nH]c2ccccc12)SCCNC(=O)CCNC(=O)C(O)C(C)(C)COP(=O)(O)OP(=O)(O)OCC1OC(n2cnc3c(N)ncnc32)C(O)C1OP(=O)(O)O. The highest BCUT2D eigenvalue weighted by Gasteiger charge is 2.50. The second-order valence-electron chi connectivity index (χ2n) is 15.7. The van der Waals surface area contributed by atoms with Crippen LogP contribution in [0.4, 0.5) is 5.82 Å². The molecule has 3 aromatic heterocycles. The van der Waals surface area contributed by atoms with Crippen LogP contribution in [-0.4, -0.2) is 134 Å². The first-order valence-electron chi connectivity index (χ1n) is 20.0. The summed E-state index contributed by atoms with van der Waals surface area (Å²) in [5.74, 6) is -0.663. The van der Waals surface area contributed by atoms with Gasteiger partial charge in [0.2, 0.25) is 11.8 Å². The molecule has 4 heterocycles. The van der Waals surface area contributed by atoms with E-state index in [-0.39, 0.29) is 46.9 Å². The number of ether oxygens (including phenoxy) is 1. The number of hydrogen-bond acceptors (Lipinski definition) is 18. The average molecular weight is 995 g/mol. The van der Waals surface area contributed by atoms with Gasteiger partial charge in [-0.15, -0.1) is 0 Å². The molecule has 11 N–H and O–H groups in total. The number of aromatic nitrogens is 5. The Morgan fingerprint density at radius 3 is 2.49 bits per heavy atom. The first kappa shape index (κ1) is 52.3. The molecule has 1 saturated heterocycles. The summed E-state index contributed by atoms with van der Waals surface area (Å²) < 4.78 is 62.4. The number of carbonyl (C=O) groups excluding carboxylic acids is 3. The number of imidazole rings is 1. The van der Waals surface area contributed by atoms with Gasteiger partial charge in [-0.25, -0.2) is 28.6 Å². The van der Waals surface area contributed by atoms with E-state index in [9.17, 15) is 57.9 Å². The number of para-hydroxylation sites is 1. The number of phosphoric ester groups is 3. The van der Waals surface area contributed by atoms with Gasteiger partial charge in [0.25, 0.3) is 0 Å². The van der Waals surface area contributed by atoms with Gasteiger partial charge in [-0.3, -0.25) is 32.5 Å². The fourth-order valence-electron chi connectivity index (χ4n) is 6.69. The summed E-state index contributed by atoms with van der Waals surface area (Å²) in [5.41, 5.74) is 6.53. The quantitative estimate of drug-likeness (QED) is 0.0317. The number of aromatic amines is 1. The number of carbonyl (C=O) groups is 3. The molecule has 1 fully saturated rings. The maximum Gasteiger partial charge on any atom is 0.481 e. The minimum absolute atomic E-state index is 0.0313. The lowest BCUT2D eigenvalue weighted by molar-refractivity contribution is -0.137. The highest BCUT2D eigenvalue weighted by atomic mass is 32.2. The number of H-pyrrole nitrogens is 1. The number of thioether (sulfide) groups is 1. The summed E-state index contributed by atoms with van der Waals surface area (Å²) in [5, 5.41) is 27.9. The highest BCUT2D eigenvalue weighted by molar-refractivity contribution is 7.99. The Balaban J connectivity index is 0.982. The maximum atomic E-state index is 12.7. The predicted molar refractivity (Wildman–Crippen MR) is 232 cm³/mol. The third-order valence-electron chi connectivity index (χ3n) is 10.00. The summed E-state index contributed by atoms with van der Waals surface area (Å²) in [7, 11) is -16.4. The van der Waals surface area contributed by atoms with Crippen molar-refractivity contribution in [2.45, 2.75) is 88.8 Å². The van der Waals surface area contributed by atoms with E-state index in [1.165, 1.54) is 19.4 Å². The van der Waals surface area contributed by atoms with E-state index < -0.39 is 78.6 Å². The van der Waals surface area contributed by atoms with Gasteiger partial charge < -0.3 is 55.9 Å². The van der Waals surface area contributed by atoms with Crippen LogP contribution in [0.5, 0.6) is 0 Å². The lowest BCUT2D eigenvalue weighted by Crippen LogP contribution is -2.46. The Bertz CT molecular complexity index is 2430. The monoisotopic (exact) mass is 994 g/mol. The van der Waals surface area contributed by atoms with E-state index in [1.54, 1.807) is 11.8 Å². The number of ketones is 1. The van der Waals surface area contributed by atoms with Crippen LogP contribution >= 0.6 is 35.2 Å². The normalized spacial score (nSPS) is 20.9. The standard InChI is InChI=1S/C36H53N8O17P3S/c1-21(15-23(45)8-6-7-22-16-40-25-10-5-4-9-24(22)25)65-14-13-38-27(46)11-12-39-34(49)31(48)36(2,3)18-58-64(55,56)61-63(53,54)57-17-26-30(60-62(50,51)52)29(47)35(59-26)44-20-43-28-32(37)41-19-42-33(28)44/h4-5,9-10,16,19-21,26,29-31,35,40,47-48H,6-8,11-15,17-18H2,1-3H3,(H,38,46)(H,39,49)(H,53,54)(H,55,56)(H2,37,41,42)(H2,50,51,52). The van der Waals surface area contributed by atoms with Gasteiger partial charge in [-0.05, 0) is 24.5 Å². The number of rotatable bonds is 26. The molecule has 29 heteroatoms. The van der Waals surface area contributed by atoms with Gasteiger partial charge >= 0.3 is 23.5 Å². The van der Waals surface area contributed by atoms with Crippen LogP contribution in [-0.2, 0) is 57.1 Å². The van der Waals surface area contributed by atoms with Crippen molar-refractivity contribution in [3.63, 3.8) is 0 Å². The van der Waals surface area contributed by atoms with Gasteiger partial charge in [-0.1, -0.05) is 39.0 Å². The van der Waals surface area contributed by atoms with Gasteiger partial charge in [0.05, 0.1) is 19.5 Å². The van der Waals surface area contributed by atoms with Crippen molar-refractivity contribution < 1.29 is 80.5 Å². The minimum atomic E-state index is -5.58. The summed E-state index contributed by atoms with van der Waals surface area (Å²) in [6.07, 6.45) is -2.46. The number of nitrogens with zero attached hydrogens (tertiary/aromatic N) is 4. The van der Waals surface area contributed by atoms with Crippen LogP contribution in [0.3, 0.4) is 0 Å². The fourth-order valence-corrected chi connectivity index (χ4v) is 10.4. The van der Waals surface area contributed by atoms with Crippen LogP contribution in [0, 0.1) is 5.41 Å².